The Labute approximate surface area is 109 Å². The molecular formula is C14H19FeN. The third-order valence-electron chi connectivity index (χ3n) is 2.50. The van der Waals surface area contributed by atoms with Gasteiger partial charge < -0.3 is 4.90 Å². The van der Waals surface area contributed by atoms with Crippen LogP contribution in [0.3, 0.4) is 0 Å². The van der Waals surface area contributed by atoms with Crippen LogP contribution in [-0.4, -0.2) is 19.0 Å². The zero-order chi connectivity index (χ0) is 11.1. The first-order valence-electron chi connectivity index (χ1n) is 5.26. The standard InChI is InChI=1S/C9H14N.C5H5.Fe/c1-8(10(2)3)9-6-4-5-7-9;1-2-4-5-3-1;/h4-8H,1-3H3;1-5H;/q2*-1;+2. The van der Waals surface area contributed by atoms with Crippen LogP contribution in [0.4, 0.5) is 0 Å². The van der Waals surface area contributed by atoms with E-state index in [9.17, 15) is 0 Å². The molecule has 2 rings (SSSR count). The van der Waals surface area contributed by atoms with E-state index in [1.165, 1.54) is 5.56 Å². The summed E-state index contributed by atoms with van der Waals surface area (Å²) in [5.41, 5.74) is 1.39. The van der Waals surface area contributed by atoms with Gasteiger partial charge in [0, 0.05) is 0 Å². The van der Waals surface area contributed by atoms with Crippen molar-refractivity contribution >= 4 is 0 Å². The molecule has 0 aliphatic rings. The predicted molar refractivity (Wildman–Crippen MR) is 66.2 cm³/mol. The van der Waals surface area contributed by atoms with Gasteiger partial charge >= 0.3 is 17.1 Å². The average Bonchev–Trinajstić information content (AvgIpc) is 2.92. The minimum absolute atomic E-state index is 0. The minimum atomic E-state index is 0. The van der Waals surface area contributed by atoms with Crippen molar-refractivity contribution in [1.82, 2.24) is 4.90 Å². The Kier molecular flexibility index (Phi) is 7.92. The summed E-state index contributed by atoms with van der Waals surface area (Å²) in [5, 5.41) is 0. The summed E-state index contributed by atoms with van der Waals surface area (Å²) in [7, 11) is 4.19. The first-order valence-corrected chi connectivity index (χ1v) is 5.26. The maximum atomic E-state index is 2.20. The molecule has 0 bridgehead atoms. The summed E-state index contributed by atoms with van der Waals surface area (Å²) in [5.74, 6) is 0. The van der Waals surface area contributed by atoms with Gasteiger partial charge in [0.1, 0.15) is 0 Å². The summed E-state index contributed by atoms with van der Waals surface area (Å²) >= 11 is 0. The number of hydrogen-bond acceptors (Lipinski definition) is 1. The molecule has 16 heavy (non-hydrogen) atoms. The van der Waals surface area contributed by atoms with Crippen LogP contribution in [-0.2, 0) is 17.1 Å². The zero-order valence-electron chi connectivity index (χ0n) is 10.1. The summed E-state index contributed by atoms with van der Waals surface area (Å²) in [6.07, 6.45) is 0. The van der Waals surface area contributed by atoms with Gasteiger partial charge in [0.05, 0.1) is 0 Å². The smallest absolute Gasteiger partial charge is 0.314 e. The molecule has 0 saturated heterocycles. The number of rotatable bonds is 2. The molecule has 2 aromatic carbocycles. The monoisotopic (exact) mass is 257 g/mol. The Morgan fingerprint density at radius 2 is 1.50 bits per heavy atom. The predicted octanol–water partition coefficient (Wildman–Crippen LogP) is 3.43. The summed E-state index contributed by atoms with van der Waals surface area (Å²) in [6.45, 7) is 2.20. The Hall–Kier alpha value is -0.821. The third kappa shape index (κ3) is 5.31. The van der Waals surface area contributed by atoms with Crippen LogP contribution in [0.2, 0.25) is 0 Å². The molecule has 1 nitrogen and oxygen atoms in total. The van der Waals surface area contributed by atoms with Gasteiger partial charge in [-0.25, -0.2) is 24.3 Å². The minimum Gasteiger partial charge on any atom is -0.314 e. The second-order valence-corrected chi connectivity index (χ2v) is 3.82. The molecular weight excluding hydrogens is 238 g/mol. The van der Waals surface area contributed by atoms with Crippen LogP contribution < -0.4 is 0 Å². The summed E-state index contributed by atoms with van der Waals surface area (Å²) < 4.78 is 0. The SMILES string of the molecule is CC([c-]1cccc1)N(C)C.[Fe+2].c1cc[cH-]c1. The molecule has 0 saturated carbocycles. The van der Waals surface area contributed by atoms with Gasteiger partial charge in [-0.15, -0.1) is 5.56 Å². The molecule has 0 aliphatic heterocycles. The molecule has 2 heteroatoms. The second-order valence-electron chi connectivity index (χ2n) is 3.82. The van der Waals surface area contributed by atoms with E-state index in [0.29, 0.717) is 6.04 Å². The molecule has 0 aliphatic carbocycles. The number of hydrogen-bond donors (Lipinski definition) is 0. The van der Waals surface area contributed by atoms with Gasteiger partial charge in [-0.3, -0.25) is 0 Å². The second kappa shape index (κ2) is 8.35. The molecule has 0 aromatic heterocycles. The molecule has 0 fully saturated rings. The van der Waals surface area contributed by atoms with Crippen molar-refractivity contribution in [3.05, 3.63) is 60.2 Å². The van der Waals surface area contributed by atoms with Gasteiger partial charge in [-0.2, -0.15) is 30.3 Å². The normalized spacial score (nSPS) is 11.2. The zero-order valence-corrected chi connectivity index (χ0v) is 11.2. The van der Waals surface area contributed by atoms with Crippen LogP contribution in [0.1, 0.15) is 18.5 Å². The van der Waals surface area contributed by atoms with E-state index >= 15 is 0 Å². The van der Waals surface area contributed by atoms with E-state index in [0.717, 1.165) is 0 Å². The molecule has 0 N–H and O–H groups in total. The van der Waals surface area contributed by atoms with E-state index in [1.807, 2.05) is 30.3 Å². The number of nitrogens with zero attached hydrogens (tertiary/aromatic N) is 1. The van der Waals surface area contributed by atoms with Gasteiger partial charge in [-0.05, 0) is 20.1 Å². The van der Waals surface area contributed by atoms with E-state index in [4.69, 9.17) is 0 Å². The van der Waals surface area contributed by atoms with Crippen molar-refractivity contribution in [3.63, 3.8) is 0 Å². The van der Waals surface area contributed by atoms with Crippen LogP contribution in [0, 0.1) is 0 Å². The van der Waals surface area contributed by atoms with E-state index in [1.54, 1.807) is 0 Å². The maximum absolute atomic E-state index is 2.20. The topological polar surface area (TPSA) is 3.24 Å². The van der Waals surface area contributed by atoms with Gasteiger partial charge in [0.2, 0.25) is 0 Å². The summed E-state index contributed by atoms with van der Waals surface area (Å²) in [4.78, 5) is 2.20. The van der Waals surface area contributed by atoms with Crippen molar-refractivity contribution in [2.45, 2.75) is 13.0 Å². The maximum Gasteiger partial charge on any atom is 2.00 e. The van der Waals surface area contributed by atoms with Crippen LogP contribution in [0.25, 0.3) is 0 Å². The largest absolute Gasteiger partial charge is 2.00 e. The van der Waals surface area contributed by atoms with Crippen LogP contribution >= 0.6 is 0 Å². The quantitative estimate of drug-likeness (QED) is 0.588. The van der Waals surface area contributed by atoms with Crippen LogP contribution in [0.15, 0.2) is 54.6 Å². The van der Waals surface area contributed by atoms with E-state index in [2.05, 4.69) is 50.2 Å². The van der Waals surface area contributed by atoms with E-state index in [-0.39, 0.29) is 17.1 Å². The van der Waals surface area contributed by atoms with Crippen LogP contribution in [0.5, 0.6) is 0 Å². The fourth-order valence-electron chi connectivity index (χ4n) is 1.29. The molecule has 2 aromatic rings. The molecule has 88 valence electrons. The molecule has 1 atom stereocenters. The molecule has 0 heterocycles. The average molecular weight is 257 g/mol. The molecule has 0 radical (unpaired) electrons. The molecule has 1 unspecified atom stereocenters. The first kappa shape index (κ1) is 15.2. The Bertz CT molecular complexity index is 304. The van der Waals surface area contributed by atoms with Crippen molar-refractivity contribution in [3.8, 4) is 0 Å². The van der Waals surface area contributed by atoms with E-state index < -0.39 is 0 Å². The fraction of sp³-hybridized carbons (Fsp3) is 0.286. The first-order chi connectivity index (χ1) is 7.22. The van der Waals surface area contributed by atoms with Crippen molar-refractivity contribution in [1.29, 1.82) is 0 Å². The van der Waals surface area contributed by atoms with Crippen molar-refractivity contribution in [2.75, 3.05) is 14.1 Å². The third-order valence-corrected chi connectivity index (χ3v) is 2.50. The summed E-state index contributed by atoms with van der Waals surface area (Å²) in [6, 6.07) is 19.0. The molecule has 0 amide bonds. The fourth-order valence-corrected chi connectivity index (χ4v) is 1.29. The Morgan fingerprint density at radius 1 is 1.00 bits per heavy atom. The van der Waals surface area contributed by atoms with Crippen molar-refractivity contribution in [2.24, 2.45) is 0 Å². The van der Waals surface area contributed by atoms with Gasteiger partial charge in [-0.1, -0.05) is 6.92 Å². The van der Waals surface area contributed by atoms with Crippen molar-refractivity contribution < 1.29 is 17.1 Å². The Balaban J connectivity index is 0.000000318. The van der Waals surface area contributed by atoms with Gasteiger partial charge in [0.25, 0.3) is 0 Å². The molecule has 0 spiro atoms. The Morgan fingerprint density at radius 3 is 1.81 bits per heavy atom. The van der Waals surface area contributed by atoms with Gasteiger partial charge in [0.15, 0.2) is 0 Å².